The highest BCUT2D eigenvalue weighted by atomic mass is 19.1. The van der Waals surface area contributed by atoms with E-state index in [0.717, 1.165) is 53.4 Å². The third-order valence-corrected chi connectivity index (χ3v) is 7.61. The minimum absolute atomic E-state index is 0.0164. The quantitative estimate of drug-likeness (QED) is 0.304. The Kier molecular flexibility index (Phi) is 8.44. The Morgan fingerprint density at radius 3 is 2.37 bits per heavy atom. The van der Waals surface area contributed by atoms with Crippen molar-refractivity contribution in [3.63, 3.8) is 0 Å². The number of amides is 1. The molecule has 1 fully saturated rings. The third-order valence-electron chi connectivity index (χ3n) is 7.61. The molecule has 5 rings (SSSR count). The van der Waals surface area contributed by atoms with Gasteiger partial charge < -0.3 is 10.2 Å². The standard InChI is InChI=1S/C32H35F2N5O2/c1-21(2)29(37(20-26-13-9-15-35-26)31(40)28-14-8-7-10-22(28)3)30-36-39(27-17-24(33)16-25(34)18-27)32(41)38(30)19-23-11-5-4-6-12-23/h4-8,10-12,14,16-18,21,26,29,35H,9,13,15,19-20H2,1-3H3. The zero-order valence-corrected chi connectivity index (χ0v) is 23.6. The van der Waals surface area contributed by atoms with Crippen molar-refractivity contribution < 1.29 is 13.6 Å². The lowest BCUT2D eigenvalue weighted by Crippen LogP contribution is -2.46. The number of nitrogens with one attached hydrogen (secondary N) is 1. The Bertz CT molecular complexity index is 1550. The van der Waals surface area contributed by atoms with E-state index < -0.39 is 23.4 Å². The molecule has 3 aromatic carbocycles. The van der Waals surface area contributed by atoms with Crippen LogP contribution in [0.25, 0.3) is 5.69 Å². The maximum Gasteiger partial charge on any atom is 0.351 e. The van der Waals surface area contributed by atoms with Crippen molar-refractivity contribution in [2.45, 2.75) is 52.2 Å². The summed E-state index contributed by atoms with van der Waals surface area (Å²) in [5.41, 5.74) is 1.74. The fourth-order valence-corrected chi connectivity index (χ4v) is 5.61. The van der Waals surface area contributed by atoms with Gasteiger partial charge in [-0.2, -0.15) is 4.68 Å². The van der Waals surface area contributed by atoms with Crippen LogP contribution in [0.4, 0.5) is 8.78 Å². The van der Waals surface area contributed by atoms with Crippen LogP contribution in [0.3, 0.4) is 0 Å². The first kappa shape index (κ1) is 28.4. The smallest absolute Gasteiger partial charge is 0.327 e. The molecule has 1 saturated heterocycles. The third kappa shape index (κ3) is 6.15. The maximum absolute atomic E-state index is 14.3. The minimum Gasteiger partial charge on any atom is -0.327 e. The number of nitrogens with zero attached hydrogens (tertiary/aromatic N) is 4. The summed E-state index contributed by atoms with van der Waals surface area (Å²) in [6.07, 6.45) is 1.94. The molecule has 0 bridgehead atoms. The van der Waals surface area contributed by atoms with Crippen LogP contribution in [0.1, 0.15) is 60.0 Å². The Balaban J connectivity index is 1.69. The number of aromatic nitrogens is 3. The molecule has 4 aromatic rings. The molecule has 2 unspecified atom stereocenters. The van der Waals surface area contributed by atoms with Gasteiger partial charge in [-0.05, 0) is 61.6 Å². The van der Waals surface area contributed by atoms with Gasteiger partial charge >= 0.3 is 5.69 Å². The molecule has 1 amide bonds. The van der Waals surface area contributed by atoms with Crippen LogP contribution in [0, 0.1) is 24.5 Å². The summed E-state index contributed by atoms with van der Waals surface area (Å²) >= 11 is 0. The van der Waals surface area contributed by atoms with Gasteiger partial charge in [0.1, 0.15) is 11.6 Å². The van der Waals surface area contributed by atoms with E-state index in [1.807, 2.05) is 80.3 Å². The van der Waals surface area contributed by atoms with E-state index in [4.69, 9.17) is 5.10 Å². The summed E-state index contributed by atoms with van der Waals surface area (Å²) in [5, 5.41) is 8.18. The maximum atomic E-state index is 14.3. The largest absolute Gasteiger partial charge is 0.351 e. The predicted molar refractivity (Wildman–Crippen MR) is 154 cm³/mol. The number of carbonyl (C=O) groups is 1. The molecular formula is C32H35F2N5O2. The van der Waals surface area contributed by atoms with Gasteiger partial charge in [-0.25, -0.2) is 13.6 Å². The molecule has 1 N–H and O–H groups in total. The Morgan fingerprint density at radius 2 is 1.73 bits per heavy atom. The number of carbonyl (C=O) groups excluding carboxylic acids is 1. The number of hydrogen-bond acceptors (Lipinski definition) is 4. The number of hydrogen-bond donors (Lipinski definition) is 1. The Hall–Kier alpha value is -4.11. The summed E-state index contributed by atoms with van der Waals surface area (Å²) in [4.78, 5) is 30.0. The average molecular weight is 560 g/mol. The molecule has 0 saturated carbocycles. The van der Waals surface area contributed by atoms with Gasteiger partial charge in [0.05, 0.1) is 18.3 Å². The zero-order chi connectivity index (χ0) is 29.1. The number of benzene rings is 3. The first-order chi connectivity index (χ1) is 19.7. The summed E-state index contributed by atoms with van der Waals surface area (Å²) in [5.74, 6) is -1.55. The van der Waals surface area contributed by atoms with Gasteiger partial charge in [0, 0.05) is 24.2 Å². The highest BCUT2D eigenvalue weighted by Gasteiger charge is 2.36. The average Bonchev–Trinajstić information content (AvgIpc) is 3.56. The van der Waals surface area contributed by atoms with Crippen LogP contribution in [0.2, 0.25) is 0 Å². The van der Waals surface area contributed by atoms with Crippen LogP contribution in [-0.2, 0) is 6.54 Å². The molecule has 7 nitrogen and oxygen atoms in total. The van der Waals surface area contributed by atoms with Gasteiger partial charge in [-0.15, -0.1) is 5.10 Å². The van der Waals surface area contributed by atoms with Gasteiger partial charge in [0.15, 0.2) is 5.82 Å². The minimum atomic E-state index is -0.810. The lowest BCUT2D eigenvalue weighted by molar-refractivity contribution is 0.0581. The second-order valence-corrected chi connectivity index (χ2v) is 11.0. The van der Waals surface area contributed by atoms with E-state index in [0.29, 0.717) is 17.9 Å². The molecule has 0 spiro atoms. The van der Waals surface area contributed by atoms with Gasteiger partial charge in [0.2, 0.25) is 0 Å². The SMILES string of the molecule is Cc1ccccc1C(=O)N(CC1CCCN1)C(c1nn(-c2cc(F)cc(F)c2)c(=O)n1Cc1ccccc1)C(C)C. The fraction of sp³-hybridized carbons (Fsp3) is 0.344. The first-order valence-corrected chi connectivity index (χ1v) is 14.0. The van der Waals surface area contributed by atoms with Crippen molar-refractivity contribution in [3.05, 3.63) is 117 Å². The van der Waals surface area contributed by atoms with Gasteiger partial charge in [-0.3, -0.25) is 9.36 Å². The molecule has 2 heterocycles. The van der Waals surface area contributed by atoms with Crippen LogP contribution < -0.4 is 11.0 Å². The molecular weight excluding hydrogens is 524 g/mol. The van der Waals surface area contributed by atoms with Crippen molar-refractivity contribution >= 4 is 5.91 Å². The fourth-order valence-electron chi connectivity index (χ4n) is 5.61. The van der Waals surface area contributed by atoms with E-state index in [1.54, 1.807) is 0 Å². The topological polar surface area (TPSA) is 72.2 Å². The summed E-state index contributed by atoms with van der Waals surface area (Å²) in [6, 6.07) is 19.3. The van der Waals surface area contributed by atoms with Crippen molar-refractivity contribution in [2.75, 3.05) is 13.1 Å². The van der Waals surface area contributed by atoms with Crippen LogP contribution in [0.5, 0.6) is 0 Å². The highest BCUT2D eigenvalue weighted by Crippen LogP contribution is 2.31. The Morgan fingerprint density at radius 1 is 1.05 bits per heavy atom. The van der Waals surface area contributed by atoms with Crippen molar-refractivity contribution in [1.29, 1.82) is 0 Å². The van der Waals surface area contributed by atoms with E-state index in [-0.39, 0.29) is 30.1 Å². The highest BCUT2D eigenvalue weighted by molar-refractivity contribution is 5.96. The van der Waals surface area contributed by atoms with E-state index in [1.165, 1.54) is 4.57 Å². The second kappa shape index (κ2) is 12.2. The lowest BCUT2D eigenvalue weighted by Gasteiger charge is -2.36. The summed E-state index contributed by atoms with van der Waals surface area (Å²) < 4.78 is 31.0. The van der Waals surface area contributed by atoms with Crippen LogP contribution in [0.15, 0.2) is 77.6 Å². The second-order valence-electron chi connectivity index (χ2n) is 11.0. The predicted octanol–water partition coefficient (Wildman–Crippen LogP) is 5.26. The zero-order valence-electron chi connectivity index (χ0n) is 23.6. The lowest BCUT2D eigenvalue weighted by atomic mass is 9.98. The van der Waals surface area contributed by atoms with Crippen LogP contribution >= 0.6 is 0 Å². The molecule has 0 radical (unpaired) electrons. The van der Waals surface area contributed by atoms with E-state index >= 15 is 0 Å². The molecule has 9 heteroatoms. The molecule has 41 heavy (non-hydrogen) atoms. The molecule has 1 aromatic heterocycles. The van der Waals surface area contributed by atoms with Crippen molar-refractivity contribution in [1.82, 2.24) is 24.6 Å². The van der Waals surface area contributed by atoms with E-state index in [2.05, 4.69) is 5.32 Å². The van der Waals surface area contributed by atoms with Gasteiger partial charge in [-0.1, -0.05) is 62.4 Å². The number of aryl methyl sites for hydroxylation is 1. The van der Waals surface area contributed by atoms with Crippen LogP contribution in [-0.4, -0.2) is 44.3 Å². The normalized spacial score (nSPS) is 15.8. The monoisotopic (exact) mass is 559 g/mol. The first-order valence-electron chi connectivity index (χ1n) is 14.0. The van der Waals surface area contributed by atoms with Crippen molar-refractivity contribution in [3.8, 4) is 5.69 Å². The number of rotatable bonds is 9. The molecule has 2 atom stereocenters. The molecule has 1 aliphatic heterocycles. The van der Waals surface area contributed by atoms with Crippen molar-refractivity contribution in [2.24, 2.45) is 5.92 Å². The molecule has 1 aliphatic rings. The molecule has 214 valence electrons. The summed E-state index contributed by atoms with van der Waals surface area (Å²) in [6.45, 7) is 7.37. The summed E-state index contributed by atoms with van der Waals surface area (Å²) in [7, 11) is 0. The van der Waals surface area contributed by atoms with E-state index in [9.17, 15) is 18.4 Å². The molecule has 0 aliphatic carbocycles. The van der Waals surface area contributed by atoms with Gasteiger partial charge in [0.25, 0.3) is 5.91 Å². The Labute approximate surface area is 238 Å². The number of halogens is 2.